The Morgan fingerprint density at radius 1 is 1.35 bits per heavy atom. The fourth-order valence-corrected chi connectivity index (χ4v) is 3.24. The van der Waals surface area contributed by atoms with Gasteiger partial charge < -0.3 is 5.32 Å². The van der Waals surface area contributed by atoms with E-state index in [1.54, 1.807) is 0 Å². The first-order valence-corrected chi connectivity index (χ1v) is 8.65. The molecular weight excluding hydrogens is 427 g/mol. The molecule has 2 nitrogen and oxygen atoms in total. The third-order valence-corrected chi connectivity index (χ3v) is 4.61. The van der Waals surface area contributed by atoms with Gasteiger partial charge >= 0.3 is 0 Å². The van der Waals surface area contributed by atoms with Gasteiger partial charge in [0, 0.05) is 26.5 Å². The van der Waals surface area contributed by atoms with Crippen molar-refractivity contribution in [3.63, 3.8) is 0 Å². The normalized spacial score (nSPS) is 12.3. The summed E-state index contributed by atoms with van der Waals surface area (Å²) < 4.78 is 2.42. The Balaban J connectivity index is 2.24. The van der Waals surface area contributed by atoms with Crippen LogP contribution in [0, 0.1) is 3.57 Å². The quantitative estimate of drug-likeness (QED) is 0.651. The Kier molecular flexibility index (Phi) is 6.45. The van der Waals surface area contributed by atoms with Crippen molar-refractivity contribution < 1.29 is 0 Å². The van der Waals surface area contributed by atoms with Crippen LogP contribution in [0.15, 0.2) is 47.2 Å². The number of hydrogen-bond acceptors (Lipinski definition) is 2. The molecule has 1 unspecified atom stereocenters. The number of nitrogens with zero attached hydrogens (tertiary/aromatic N) is 1. The molecule has 0 saturated heterocycles. The highest BCUT2D eigenvalue weighted by molar-refractivity contribution is 14.1. The Bertz CT molecular complexity index is 545. The molecule has 1 heterocycles. The summed E-state index contributed by atoms with van der Waals surface area (Å²) in [7, 11) is 0. The van der Waals surface area contributed by atoms with Crippen LogP contribution in [0.25, 0.3) is 0 Å². The number of nitrogens with one attached hydrogen (secondary N) is 1. The van der Waals surface area contributed by atoms with E-state index < -0.39 is 0 Å². The van der Waals surface area contributed by atoms with Crippen molar-refractivity contribution in [2.45, 2.75) is 25.8 Å². The van der Waals surface area contributed by atoms with Gasteiger partial charge in [-0.15, -0.1) is 0 Å². The van der Waals surface area contributed by atoms with Gasteiger partial charge in [-0.2, -0.15) is 0 Å². The van der Waals surface area contributed by atoms with Gasteiger partial charge in [0.05, 0.1) is 0 Å². The molecule has 4 heteroatoms. The summed E-state index contributed by atoms with van der Waals surface area (Å²) in [5.74, 6) is 0. The minimum atomic E-state index is 0.323. The summed E-state index contributed by atoms with van der Waals surface area (Å²) in [6.07, 6.45) is 5.86. The van der Waals surface area contributed by atoms with E-state index in [4.69, 9.17) is 0 Å². The minimum Gasteiger partial charge on any atom is -0.310 e. The Morgan fingerprint density at radius 2 is 2.20 bits per heavy atom. The van der Waals surface area contributed by atoms with E-state index in [2.05, 4.69) is 80.0 Å². The molecule has 0 radical (unpaired) electrons. The molecule has 20 heavy (non-hydrogen) atoms. The molecule has 0 spiro atoms. The zero-order chi connectivity index (χ0) is 14.4. The number of pyridine rings is 1. The molecule has 0 bridgehead atoms. The second-order valence-corrected chi connectivity index (χ2v) is 6.82. The van der Waals surface area contributed by atoms with Crippen LogP contribution in [0.2, 0.25) is 0 Å². The van der Waals surface area contributed by atoms with Gasteiger partial charge in [0.1, 0.15) is 0 Å². The average Bonchev–Trinajstić information content (AvgIpc) is 2.47. The predicted molar refractivity (Wildman–Crippen MR) is 95.8 cm³/mol. The number of aromatic nitrogens is 1. The lowest BCUT2D eigenvalue weighted by molar-refractivity contribution is 0.526. The third-order valence-electron chi connectivity index (χ3n) is 3.14. The first-order valence-electron chi connectivity index (χ1n) is 6.78. The molecule has 2 aromatic rings. The molecule has 1 aromatic heterocycles. The molecule has 1 N–H and O–H groups in total. The number of benzene rings is 1. The minimum absolute atomic E-state index is 0.323. The smallest absolute Gasteiger partial charge is 0.0372 e. The Labute approximate surface area is 142 Å². The van der Waals surface area contributed by atoms with Crippen molar-refractivity contribution in [3.05, 3.63) is 61.9 Å². The average molecular weight is 445 g/mol. The van der Waals surface area contributed by atoms with Crippen LogP contribution >= 0.6 is 38.5 Å². The first-order chi connectivity index (χ1) is 9.70. The van der Waals surface area contributed by atoms with Gasteiger partial charge in [0.2, 0.25) is 0 Å². The van der Waals surface area contributed by atoms with Crippen molar-refractivity contribution in [1.29, 1.82) is 0 Å². The number of rotatable bonds is 6. The summed E-state index contributed by atoms with van der Waals surface area (Å²) in [4.78, 5) is 4.21. The van der Waals surface area contributed by atoms with E-state index in [9.17, 15) is 0 Å². The Morgan fingerprint density at radius 3 is 2.90 bits per heavy atom. The number of hydrogen-bond donors (Lipinski definition) is 1. The molecular formula is C16H18BrIN2. The summed E-state index contributed by atoms with van der Waals surface area (Å²) in [5, 5.41) is 3.65. The van der Waals surface area contributed by atoms with Crippen LogP contribution in [0.5, 0.6) is 0 Å². The van der Waals surface area contributed by atoms with Gasteiger partial charge in [-0.25, -0.2) is 0 Å². The highest BCUT2D eigenvalue weighted by atomic mass is 127. The highest BCUT2D eigenvalue weighted by Crippen LogP contribution is 2.26. The molecule has 0 saturated carbocycles. The number of halogens is 2. The summed E-state index contributed by atoms with van der Waals surface area (Å²) in [6.45, 7) is 3.22. The molecule has 0 aliphatic carbocycles. The second kappa shape index (κ2) is 8.10. The highest BCUT2D eigenvalue weighted by Gasteiger charge is 2.15. The zero-order valence-electron chi connectivity index (χ0n) is 11.4. The van der Waals surface area contributed by atoms with Crippen LogP contribution < -0.4 is 5.32 Å². The van der Waals surface area contributed by atoms with E-state index in [-0.39, 0.29) is 0 Å². The molecule has 0 fully saturated rings. The van der Waals surface area contributed by atoms with E-state index >= 15 is 0 Å². The Hall–Kier alpha value is -0.460. The first kappa shape index (κ1) is 15.9. The maximum absolute atomic E-state index is 4.21. The monoisotopic (exact) mass is 444 g/mol. The predicted octanol–water partition coefficient (Wildman–Crippen LogP) is 4.73. The standard InChI is InChI=1S/C16H18BrIN2/c1-2-7-20-16(9-12-4-3-8-19-11-12)14-10-13(17)5-6-15(14)18/h3-6,8,10-11,16,20H,2,7,9H2,1H3. The fraction of sp³-hybridized carbons (Fsp3) is 0.312. The van der Waals surface area contributed by atoms with E-state index in [0.29, 0.717) is 6.04 Å². The van der Waals surface area contributed by atoms with Crippen LogP contribution in [-0.4, -0.2) is 11.5 Å². The molecule has 0 aliphatic rings. The molecule has 106 valence electrons. The van der Waals surface area contributed by atoms with Crippen molar-refractivity contribution in [1.82, 2.24) is 10.3 Å². The molecule has 1 atom stereocenters. The van der Waals surface area contributed by atoms with Crippen molar-refractivity contribution in [2.24, 2.45) is 0 Å². The lowest BCUT2D eigenvalue weighted by Gasteiger charge is -2.21. The maximum atomic E-state index is 4.21. The van der Waals surface area contributed by atoms with Crippen LogP contribution in [0.3, 0.4) is 0 Å². The molecule has 1 aromatic carbocycles. The topological polar surface area (TPSA) is 24.9 Å². The van der Waals surface area contributed by atoms with E-state index in [1.807, 2.05) is 18.5 Å². The van der Waals surface area contributed by atoms with Gasteiger partial charge in [-0.3, -0.25) is 4.98 Å². The van der Waals surface area contributed by atoms with Crippen LogP contribution in [0.1, 0.15) is 30.5 Å². The van der Waals surface area contributed by atoms with Crippen molar-refractivity contribution in [3.8, 4) is 0 Å². The lowest BCUT2D eigenvalue weighted by Crippen LogP contribution is -2.25. The lowest BCUT2D eigenvalue weighted by atomic mass is 10.00. The molecule has 2 rings (SSSR count). The largest absolute Gasteiger partial charge is 0.310 e. The SMILES string of the molecule is CCCNC(Cc1cccnc1)c1cc(Br)ccc1I. The van der Waals surface area contributed by atoms with Crippen molar-refractivity contribution in [2.75, 3.05) is 6.54 Å². The molecule has 0 aliphatic heterocycles. The van der Waals surface area contributed by atoms with Crippen LogP contribution in [-0.2, 0) is 6.42 Å². The van der Waals surface area contributed by atoms with Gasteiger partial charge in [-0.1, -0.05) is 28.9 Å². The van der Waals surface area contributed by atoms with Gasteiger partial charge in [0.25, 0.3) is 0 Å². The zero-order valence-corrected chi connectivity index (χ0v) is 15.2. The fourth-order valence-electron chi connectivity index (χ4n) is 2.15. The third kappa shape index (κ3) is 4.53. The van der Waals surface area contributed by atoms with E-state index in [1.165, 1.54) is 14.7 Å². The van der Waals surface area contributed by atoms with Gasteiger partial charge in [0.15, 0.2) is 0 Å². The van der Waals surface area contributed by atoms with Gasteiger partial charge in [-0.05, 0) is 77.4 Å². The van der Waals surface area contributed by atoms with E-state index in [0.717, 1.165) is 23.9 Å². The second-order valence-electron chi connectivity index (χ2n) is 4.74. The summed E-state index contributed by atoms with van der Waals surface area (Å²) in [5.41, 5.74) is 2.61. The maximum Gasteiger partial charge on any atom is 0.0372 e. The summed E-state index contributed by atoms with van der Waals surface area (Å²) in [6, 6.07) is 10.9. The summed E-state index contributed by atoms with van der Waals surface area (Å²) >= 11 is 5.99. The molecule has 0 amide bonds. The van der Waals surface area contributed by atoms with Crippen molar-refractivity contribution >= 4 is 38.5 Å². The van der Waals surface area contributed by atoms with Crippen LogP contribution in [0.4, 0.5) is 0 Å².